The Morgan fingerprint density at radius 1 is 1.40 bits per heavy atom. The molecule has 1 aromatic heterocycles. The van der Waals surface area contributed by atoms with Crippen LogP contribution in [0.4, 0.5) is 4.39 Å². The van der Waals surface area contributed by atoms with Crippen LogP contribution in [-0.4, -0.2) is 36.6 Å². The zero-order valence-corrected chi connectivity index (χ0v) is 15.1. The number of carbonyl (C=O) groups is 2. The number of ether oxygens (including phenoxy) is 1. The molecule has 6 nitrogen and oxygen atoms in total. The summed E-state index contributed by atoms with van der Waals surface area (Å²) in [6.45, 7) is 4.36. The molecule has 1 atom stereocenters. The molecule has 0 aliphatic heterocycles. The fourth-order valence-corrected chi connectivity index (χ4v) is 3.06. The molecule has 2 aromatic rings. The van der Waals surface area contributed by atoms with Gasteiger partial charge in [0.1, 0.15) is 11.9 Å². The van der Waals surface area contributed by atoms with Gasteiger partial charge >= 0.3 is 0 Å². The van der Waals surface area contributed by atoms with Crippen LogP contribution in [0.1, 0.15) is 28.2 Å². The molecular formula is C17H20FN3O3S. The highest BCUT2D eigenvalue weighted by atomic mass is 32.1. The zero-order chi connectivity index (χ0) is 18.4. The van der Waals surface area contributed by atoms with Crippen LogP contribution in [0.15, 0.2) is 35.5 Å². The normalized spacial score (nSPS) is 12.9. The standard InChI is InChI=1S/C17H20FN3O3S/c1-11-10-21(12(2)15(22)19-8-9-24-3)17(25-11)20-16(23)13-6-4-5-7-14(13)18/h4-7,10,12H,8-9H2,1-3H3,(H,19,22)/t12-/m1/s1. The fraction of sp³-hybridized carbons (Fsp3) is 0.353. The van der Waals surface area contributed by atoms with E-state index < -0.39 is 17.8 Å². The first-order valence-electron chi connectivity index (χ1n) is 7.73. The molecule has 25 heavy (non-hydrogen) atoms. The van der Waals surface area contributed by atoms with Crippen LogP contribution >= 0.6 is 11.3 Å². The van der Waals surface area contributed by atoms with Crippen LogP contribution in [0.2, 0.25) is 0 Å². The topological polar surface area (TPSA) is 72.7 Å². The molecule has 1 aromatic carbocycles. The molecule has 134 valence electrons. The van der Waals surface area contributed by atoms with Crippen molar-refractivity contribution in [2.45, 2.75) is 19.9 Å². The van der Waals surface area contributed by atoms with Gasteiger partial charge in [0.2, 0.25) is 5.91 Å². The monoisotopic (exact) mass is 365 g/mol. The molecule has 2 rings (SSSR count). The van der Waals surface area contributed by atoms with Gasteiger partial charge in [-0.05, 0) is 26.0 Å². The van der Waals surface area contributed by atoms with Crippen molar-refractivity contribution in [3.8, 4) is 0 Å². The molecule has 0 fully saturated rings. The number of hydrogen-bond donors (Lipinski definition) is 1. The lowest BCUT2D eigenvalue weighted by Gasteiger charge is -2.13. The minimum Gasteiger partial charge on any atom is -0.383 e. The molecule has 2 amide bonds. The number of rotatable bonds is 6. The van der Waals surface area contributed by atoms with Crippen LogP contribution in [0.25, 0.3) is 0 Å². The molecule has 1 heterocycles. The molecule has 8 heteroatoms. The number of aromatic nitrogens is 1. The quantitative estimate of drug-likeness (QED) is 0.797. The van der Waals surface area contributed by atoms with Crippen molar-refractivity contribution in [1.29, 1.82) is 0 Å². The number of hydrogen-bond acceptors (Lipinski definition) is 4. The van der Waals surface area contributed by atoms with Gasteiger partial charge in [0.15, 0.2) is 4.80 Å². The zero-order valence-electron chi connectivity index (χ0n) is 14.3. The summed E-state index contributed by atoms with van der Waals surface area (Å²) in [5.41, 5.74) is -0.0997. The first-order chi connectivity index (χ1) is 11.9. The molecule has 1 N–H and O–H groups in total. The summed E-state index contributed by atoms with van der Waals surface area (Å²) in [6.07, 6.45) is 1.75. The van der Waals surface area contributed by atoms with E-state index in [1.54, 1.807) is 30.9 Å². The summed E-state index contributed by atoms with van der Waals surface area (Å²) in [5.74, 6) is -1.52. The number of thiazole rings is 1. The van der Waals surface area contributed by atoms with Crippen molar-refractivity contribution in [2.24, 2.45) is 4.99 Å². The Morgan fingerprint density at radius 3 is 2.80 bits per heavy atom. The summed E-state index contributed by atoms with van der Waals surface area (Å²) < 4.78 is 20.3. The third kappa shape index (κ3) is 4.83. The van der Waals surface area contributed by atoms with Crippen molar-refractivity contribution in [2.75, 3.05) is 20.3 Å². The Hall–Kier alpha value is -2.32. The minimum atomic E-state index is -0.680. The molecule has 0 saturated carbocycles. The molecule has 0 bridgehead atoms. The molecule has 0 spiro atoms. The Morgan fingerprint density at radius 2 is 2.12 bits per heavy atom. The number of benzene rings is 1. The fourth-order valence-electron chi connectivity index (χ4n) is 2.16. The van der Waals surface area contributed by atoms with Gasteiger partial charge in [0.25, 0.3) is 5.91 Å². The number of nitrogens with zero attached hydrogens (tertiary/aromatic N) is 2. The maximum absolute atomic E-state index is 13.7. The highest BCUT2D eigenvalue weighted by Gasteiger charge is 2.17. The van der Waals surface area contributed by atoms with E-state index in [1.807, 2.05) is 6.92 Å². The first-order valence-corrected chi connectivity index (χ1v) is 8.54. The van der Waals surface area contributed by atoms with E-state index in [2.05, 4.69) is 10.3 Å². The average molecular weight is 365 g/mol. The second-order valence-corrected chi connectivity index (χ2v) is 6.60. The van der Waals surface area contributed by atoms with Crippen molar-refractivity contribution in [1.82, 2.24) is 9.88 Å². The van der Waals surface area contributed by atoms with Crippen molar-refractivity contribution in [3.63, 3.8) is 0 Å². The predicted molar refractivity (Wildman–Crippen MR) is 92.9 cm³/mol. The van der Waals surface area contributed by atoms with Crippen molar-refractivity contribution < 1.29 is 18.7 Å². The largest absolute Gasteiger partial charge is 0.383 e. The maximum atomic E-state index is 13.7. The van der Waals surface area contributed by atoms with Gasteiger partial charge in [-0.15, -0.1) is 11.3 Å². The molecule has 0 saturated heterocycles. The van der Waals surface area contributed by atoms with Gasteiger partial charge in [-0.2, -0.15) is 4.99 Å². The van der Waals surface area contributed by atoms with Gasteiger partial charge in [-0.1, -0.05) is 12.1 Å². The lowest BCUT2D eigenvalue weighted by molar-refractivity contribution is -0.124. The van der Waals surface area contributed by atoms with Crippen LogP contribution in [0.3, 0.4) is 0 Å². The molecule has 0 unspecified atom stereocenters. The number of halogens is 1. The summed E-state index contributed by atoms with van der Waals surface area (Å²) in [7, 11) is 1.55. The lowest BCUT2D eigenvalue weighted by Crippen LogP contribution is -2.36. The lowest BCUT2D eigenvalue weighted by atomic mass is 10.2. The summed E-state index contributed by atoms with van der Waals surface area (Å²) in [4.78, 5) is 29.7. The second-order valence-electron chi connectivity index (χ2n) is 5.39. The van der Waals surface area contributed by atoms with E-state index in [0.717, 1.165) is 4.88 Å². The van der Waals surface area contributed by atoms with E-state index >= 15 is 0 Å². The average Bonchev–Trinajstić information content (AvgIpc) is 2.94. The number of amides is 2. The molecule has 0 aliphatic rings. The third-order valence-electron chi connectivity index (χ3n) is 3.50. The second kappa shape index (κ2) is 8.68. The van der Waals surface area contributed by atoms with Gasteiger partial charge in [0, 0.05) is 24.7 Å². The highest BCUT2D eigenvalue weighted by molar-refractivity contribution is 7.09. The first kappa shape index (κ1) is 19.0. The molecule has 0 aliphatic carbocycles. The summed E-state index contributed by atoms with van der Waals surface area (Å²) >= 11 is 1.27. The van der Waals surface area contributed by atoms with Gasteiger partial charge in [-0.25, -0.2) is 4.39 Å². The predicted octanol–water partition coefficient (Wildman–Crippen LogP) is 2.06. The minimum absolute atomic E-state index is 0.0997. The van der Waals surface area contributed by atoms with Crippen LogP contribution < -0.4 is 10.1 Å². The smallest absolute Gasteiger partial charge is 0.282 e. The Labute approximate surface area is 149 Å². The Balaban J connectivity index is 2.29. The maximum Gasteiger partial charge on any atom is 0.282 e. The Kier molecular flexibility index (Phi) is 6.60. The van der Waals surface area contributed by atoms with E-state index in [9.17, 15) is 14.0 Å². The molecular weight excluding hydrogens is 345 g/mol. The van der Waals surface area contributed by atoms with Crippen LogP contribution in [0.5, 0.6) is 0 Å². The van der Waals surface area contributed by atoms with E-state index in [4.69, 9.17) is 4.74 Å². The van der Waals surface area contributed by atoms with Gasteiger partial charge in [0.05, 0.1) is 12.2 Å². The molecule has 0 radical (unpaired) electrons. The summed E-state index contributed by atoms with van der Waals surface area (Å²) in [5, 5.41) is 2.75. The third-order valence-corrected chi connectivity index (χ3v) is 4.41. The van der Waals surface area contributed by atoms with E-state index in [1.165, 1.54) is 29.5 Å². The van der Waals surface area contributed by atoms with Crippen LogP contribution in [0, 0.1) is 12.7 Å². The van der Waals surface area contributed by atoms with Crippen molar-refractivity contribution in [3.05, 3.63) is 51.5 Å². The number of carbonyl (C=O) groups excluding carboxylic acids is 2. The number of aryl methyl sites for hydroxylation is 1. The van der Waals surface area contributed by atoms with Gasteiger partial charge < -0.3 is 14.6 Å². The van der Waals surface area contributed by atoms with E-state index in [-0.39, 0.29) is 11.5 Å². The Bertz CT molecular complexity index is 829. The number of methoxy groups -OCH3 is 1. The summed E-state index contributed by atoms with van der Waals surface area (Å²) in [6, 6.07) is 5.11. The number of nitrogens with one attached hydrogen (secondary N) is 1. The SMILES string of the molecule is COCCNC(=O)[C@@H](C)n1cc(C)sc1=NC(=O)c1ccccc1F. The van der Waals surface area contributed by atoms with Crippen molar-refractivity contribution >= 4 is 23.2 Å². The van der Waals surface area contributed by atoms with Crippen LogP contribution in [-0.2, 0) is 9.53 Å². The van der Waals surface area contributed by atoms with Gasteiger partial charge in [-0.3, -0.25) is 9.59 Å². The highest BCUT2D eigenvalue weighted by Crippen LogP contribution is 2.11. The van der Waals surface area contributed by atoms with E-state index in [0.29, 0.717) is 18.0 Å².